The molecule has 2 aromatic rings. The predicted octanol–water partition coefficient (Wildman–Crippen LogP) is 2.88. The Balaban J connectivity index is 2.19. The lowest BCUT2D eigenvalue weighted by Gasteiger charge is -2.03. The zero-order chi connectivity index (χ0) is 12.4. The van der Waals surface area contributed by atoms with Crippen molar-refractivity contribution in [3.05, 3.63) is 39.6 Å². The molecular formula is C10H7BrFN3OS. The van der Waals surface area contributed by atoms with E-state index in [4.69, 9.17) is 5.73 Å². The Morgan fingerprint density at radius 2 is 2.24 bits per heavy atom. The molecule has 0 radical (unpaired) electrons. The van der Waals surface area contributed by atoms with Crippen LogP contribution < -0.4 is 11.1 Å². The molecule has 88 valence electrons. The SMILES string of the molecule is Nc1cc(F)cc(C(=O)Nc2ncc(Br)s2)c1. The van der Waals surface area contributed by atoms with E-state index < -0.39 is 11.7 Å². The van der Waals surface area contributed by atoms with E-state index in [0.717, 1.165) is 15.9 Å². The molecular weight excluding hydrogens is 309 g/mol. The molecule has 0 unspecified atom stereocenters. The molecule has 17 heavy (non-hydrogen) atoms. The fraction of sp³-hybridized carbons (Fsp3) is 0. The standard InChI is InChI=1S/C10H7BrFN3OS/c11-8-4-14-10(17-8)15-9(16)5-1-6(12)3-7(13)2-5/h1-4H,13H2,(H,14,15,16). The maximum atomic E-state index is 13.1. The molecule has 0 fully saturated rings. The lowest BCUT2D eigenvalue weighted by Crippen LogP contribution is -2.12. The number of hydrogen-bond acceptors (Lipinski definition) is 4. The van der Waals surface area contributed by atoms with Crippen molar-refractivity contribution in [3.8, 4) is 0 Å². The number of nitrogens with one attached hydrogen (secondary N) is 1. The first kappa shape index (κ1) is 12.0. The minimum absolute atomic E-state index is 0.161. The van der Waals surface area contributed by atoms with Crippen molar-refractivity contribution in [3.63, 3.8) is 0 Å². The molecule has 1 aromatic heterocycles. The average molecular weight is 316 g/mol. The van der Waals surface area contributed by atoms with E-state index in [1.54, 1.807) is 6.20 Å². The van der Waals surface area contributed by atoms with Gasteiger partial charge in [-0.2, -0.15) is 0 Å². The second-order valence-electron chi connectivity index (χ2n) is 3.20. The van der Waals surface area contributed by atoms with Gasteiger partial charge in [0.2, 0.25) is 0 Å². The van der Waals surface area contributed by atoms with Gasteiger partial charge in [-0.3, -0.25) is 10.1 Å². The Morgan fingerprint density at radius 1 is 1.47 bits per heavy atom. The number of nitrogen functional groups attached to an aromatic ring is 1. The van der Waals surface area contributed by atoms with Gasteiger partial charge in [-0.25, -0.2) is 9.37 Å². The summed E-state index contributed by atoms with van der Waals surface area (Å²) in [6.07, 6.45) is 1.57. The van der Waals surface area contributed by atoms with E-state index in [1.807, 2.05) is 0 Å². The lowest BCUT2D eigenvalue weighted by atomic mass is 10.2. The summed E-state index contributed by atoms with van der Waals surface area (Å²) in [5.74, 6) is -0.992. The average Bonchev–Trinajstić information content (AvgIpc) is 2.62. The van der Waals surface area contributed by atoms with Crippen molar-refractivity contribution in [2.75, 3.05) is 11.1 Å². The second-order valence-corrected chi connectivity index (χ2v) is 5.61. The summed E-state index contributed by atoms with van der Waals surface area (Å²) in [6, 6.07) is 3.67. The highest BCUT2D eigenvalue weighted by Crippen LogP contribution is 2.23. The van der Waals surface area contributed by atoms with Crippen LogP contribution in [-0.2, 0) is 0 Å². The van der Waals surface area contributed by atoms with Gasteiger partial charge in [0.1, 0.15) is 5.82 Å². The summed E-state index contributed by atoms with van der Waals surface area (Å²) in [6.45, 7) is 0. The summed E-state index contributed by atoms with van der Waals surface area (Å²) in [7, 11) is 0. The summed E-state index contributed by atoms with van der Waals surface area (Å²) in [5.41, 5.74) is 5.82. The number of rotatable bonds is 2. The first-order chi connectivity index (χ1) is 8.04. The Labute approximate surface area is 109 Å². The van der Waals surface area contributed by atoms with E-state index in [2.05, 4.69) is 26.2 Å². The van der Waals surface area contributed by atoms with Gasteiger partial charge in [-0.1, -0.05) is 11.3 Å². The summed E-state index contributed by atoms with van der Waals surface area (Å²) < 4.78 is 13.8. The molecule has 7 heteroatoms. The first-order valence-corrected chi connectivity index (χ1v) is 6.14. The molecule has 0 aliphatic heterocycles. The number of anilines is 2. The zero-order valence-corrected chi connectivity index (χ0v) is 10.8. The van der Waals surface area contributed by atoms with Crippen LogP contribution in [0.15, 0.2) is 28.2 Å². The van der Waals surface area contributed by atoms with Crippen LogP contribution in [0.4, 0.5) is 15.2 Å². The van der Waals surface area contributed by atoms with Crippen molar-refractivity contribution in [1.82, 2.24) is 4.98 Å². The Morgan fingerprint density at radius 3 is 2.82 bits per heavy atom. The smallest absolute Gasteiger partial charge is 0.257 e. The first-order valence-electron chi connectivity index (χ1n) is 4.53. The van der Waals surface area contributed by atoms with Crippen LogP contribution in [-0.4, -0.2) is 10.9 Å². The molecule has 1 heterocycles. The number of thiazole rings is 1. The maximum Gasteiger partial charge on any atom is 0.257 e. The third kappa shape index (κ3) is 3.01. The molecule has 4 nitrogen and oxygen atoms in total. The fourth-order valence-corrected chi connectivity index (χ4v) is 2.33. The Hall–Kier alpha value is -1.47. The molecule has 2 rings (SSSR count). The third-order valence-electron chi connectivity index (χ3n) is 1.88. The molecule has 1 aromatic carbocycles. The molecule has 0 aliphatic carbocycles. The van der Waals surface area contributed by atoms with Crippen LogP contribution >= 0.6 is 27.3 Å². The number of carbonyl (C=O) groups excluding carboxylic acids is 1. The van der Waals surface area contributed by atoms with Gasteiger partial charge in [-0.15, -0.1) is 0 Å². The summed E-state index contributed by atoms with van der Waals surface area (Å²) in [5, 5.41) is 2.98. The molecule has 0 atom stereocenters. The van der Waals surface area contributed by atoms with Gasteiger partial charge in [0.15, 0.2) is 5.13 Å². The molecule has 1 amide bonds. The zero-order valence-electron chi connectivity index (χ0n) is 8.41. The topological polar surface area (TPSA) is 68.0 Å². The molecule has 0 saturated carbocycles. The number of amides is 1. The van der Waals surface area contributed by atoms with Crippen molar-refractivity contribution < 1.29 is 9.18 Å². The largest absolute Gasteiger partial charge is 0.399 e. The van der Waals surface area contributed by atoms with Gasteiger partial charge in [0.05, 0.1) is 9.98 Å². The van der Waals surface area contributed by atoms with Crippen LogP contribution in [0, 0.1) is 5.82 Å². The normalized spacial score (nSPS) is 10.2. The van der Waals surface area contributed by atoms with E-state index in [1.165, 1.54) is 17.4 Å². The number of aromatic nitrogens is 1. The number of carbonyl (C=O) groups is 1. The van der Waals surface area contributed by atoms with E-state index in [0.29, 0.717) is 5.13 Å². The van der Waals surface area contributed by atoms with Crippen molar-refractivity contribution in [2.45, 2.75) is 0 Å². The number of nitrogens with two attached hydrogens (primary N) is 1. The number of hydrogen-bond donors (Lipinski definition) is 2. The van der Waals surface area contributed by atoms with Crippen molar-refractivity contribution >= 4 is 44.0 Å². The maximum absolute atomic E-state index is 13.1. The van der Waals surface area contributed by atoms with E-state index in [9.17, 15) is 9.18 Å². The van der Waals surface area contributed by atoms with Gasteiger partial charge < -0.3 is 5.73 Å². The minimum Gasteiger partial charge on any atom is -0.399 e. The highest BCUT2D eigenvalue weighted by atomic mass is 79.9. The summed E-state index contributed by atoms with van der Waals surface area (Å²) >= 11 is 4.49. The number of halogens is 2. The third-order valence-corrected chi connectivity index (χ3v) is 3.27. The van der Waals surface area contributed by atoms with Crippen molar-refractivity contribution in [2.24, 2.45) is 0 Å². The van der Waals surface area contributed by atoms with Crippen LogP contribution in [0.25, 0.3) is 0 Å². The molecule has 0 saturated heterocycles. The van der Waals surface area contributed by atoms with Gasteiger partial charge in [0.25, 0.3) is 5.91 Å². The second kappa shape index (κ2) is 4.80. The van der Waals surface area contributed by atoms with E-state index in [-0.39, 0.29) is 11.3 Å². The highest BCUT2D eigenvalue weighted by Gasteiger charge is 2.10. The van der Waals surface area contributed by atoms with Crippen LogP contribution in [0.5, 0.6) is 0 Å². The highest BCUT2D eigenvalue weighted by molar-refractivity contribution is 9.11. The molecule has 3 N–H and O–H groups in total. The molecule has 0 spiro atoms. The number of benzene rings is 1. The monoisotopic (exact) mass is 315 g/mol. The number of nitrogens with zero attached hydrogens (tertiary/aromatic N) is 1. The van der Waals surface area contributed by atoms with Gasteiger partial charge in [-0.05, 0) is 34.1 Å². The fourth-order valence-electron chi connectivity index (χ4n) is 1.22. The Bertz CT molecular complexity index is 552. The van der Waals surface area contributed by atoms with Crippen molar-refractivity contribution in [1.29, 1.82) is 0 Å². The lowest BCUT2D eigenvalue weighted by molar-refractivity contribution is 0.102. The molecule has 0 aliphatic rings. The minimum atomic E-state index is -0.546. The van der Waals surface area contributed by atoms with Gasteiger partial charge in [0, 0.05) is 11.3 Å². The van der Waals surface area contributed by atoms with Crippen LogP contribution in [0.3, 0.4) is 0 Å². The quantitative estimate of drug-likeness (QED) is 0.837. The van der Waals surface area contributed by atoms with E-state index >= 15 is 0 Å². The molecule has 0 bridgehead atoms. The van der Waals surface area contributed by atoms with Crippen LogP contribution in [0.2, 0.25) is 0 Å². The van der Waals surface area contributed by atoms with Crippen LogP contribution in [0.1, 0.15) is 10.4 Å². The summed E-state index contributed by atoms with van der Waals surface area (Å²) in [4.78, 5) is 15.7. The Kier molecular flexibility index (Phi) is 3.39. The van der Waals surface area contributed by atoms with Gasteiger partial charge >= 0.3 is 0 Å². The predicted molar refractivity (Wildman–Crippen MR) is 68.6 cm³/mol.